The van der Waals surface area contributed by atoms with Gasteiger partial charge in [0.1, 0.15) is 0 Å². The van der Waals surface area contributed by atoms with E-state index in [0.29, 0.717) is 0 Å². The number of hydrogen-bond donors (Lipinski definition) is 1. The summed E-state index contributed by atoms with van der Waals surface area (Å²) in [4.78, 5) is 10.8. The molecule has 1 heterocycles. The second kappa shape index (κ2) is 9.65. The van der Waals surface area contributed by atoms with Crippen molar-refractivity contribution in [2.24, 2.45) is 0 Å². The third-order valence-electron chi connectivity index (χ3n) is 1.31. The van der Waals surface area contributed by atoms with Crippen LogP contribution in [0.4, 0.5) is 0 Å². The molecule has 0 aromatic heterocycles. The van der Waals surface area contributed by atoms with E-state index in [4.69, 9.17) is 0 Å². The molecule has 13 heavy (non-hydrogen) atoms. The fraction of sp³-hybridized carbons (Fsp3) is 0.700. The van der Waals surface area contributed by atoms with Crippen LogP contribution < -0.4 is 5.32 Å². The molecule has 1 saturated heterocycles. The van der Waals surface area contributed by atoms with Crippen LogP contribution >= 0.6 is 11.8 Å². The van der Waals surface area contributed by atoms with E-state index in [1.807, 2.05) is 34.0 Å². The standard InChI is InChI=1S/C6H9NOS.2C2H6/c1-4-3-5(9-2)6(8)7-4;2*1-2/h5H,1,3H2,2H3,(H,7,8);2*1-2H3. The van der Waals surface area contributed by atoms with Gasteiger partial charge in [0.05, 0.1) is 5.25 Å². The first-order valence-corrected chi connectivity index (χ1v) is 6.04. The molecule has 1 unspecified atom stereocenters. The molecular formula is C10H21NOS. The zero-order chi connectivity index (χ0) is 10.9. The molecule has 1 N–H and O–H groups in total. The highest BCUT2D eigenvalue weighted by Gasteiger charge is 2.25. The molecule has 0 bridgehead atoms. The minimum Gasteiger partial charge on any atom is -0.329 e. The Hall–Kier alpha value is -0.440. The van der Waals surface area contributed by atoms with Crippen LogP contribution in [0.2, 0.25) is 0 Å². The summed E-state index contributed by atoms with van der Waals surface area (Å²) in [6.45, 7) is 11.7. The minimum absolute atomic E-state index is 0.104. The van der Waals surface area contributed by atoms with Gasteiger partial charge in [-0.1, -0.05) is 34.3 Å². The molecule has 1 fully saturated rings. The molecule has 0 aromatic rings. The van der Waals surface area contributed by atoms with Crippen molar-refractivity contribution in [2.75, 3.05) is 6.26 Å². The van der Waals surface area contributed by atoms with Gasteiger partial charge in [0.25, 0.3) is 0 Å². The van der Waals surface area contributed by atoms with Crippen molar-refractivity contribution in [1.82, 2.24) is 5.32 Å². The first kappa shape index (κ1) is 15.1. The number of carbonyl (C=O) groups excluding carboxylic acids is 1. The van der Waals surface area contributed by atoms with E-state index in [9.17, 15) is 4.79 Å². The van der Waals surface area contributed by atoms with Crippen molar-refractivity contribution < 1.29 is 4.79 Å². The third kappa shape index (κ3) is 5.75. The fourth-order valence-corrected chi connectivity index (χ4v) is 1.45. The summed E-state index contributed by atoms with van der Waals surface area (Å²) in [6.07, 6.45) is 2.73. The number of allylic oxidation sites excluding steroid dienone is 1. The van der Waals surface area contributed by atoms with Crippen molar-refractivity contribution in [2.45, 2.75) is 39.4 Å². The van der Waals surface area contributed by atoms with E-state index in [2.05, 4.69) is 11.9 Å². The highest BCUT2D eigenvalue weighted by atomic mass is 32.2. The highest BCUT2D eigenvalue weighted by molar-refractivity contribution is 7.99. The zero-order valence-corrected chi connectivity index (χ0v) is 10.1. The largest absolute Gasteiger partial charge is 0.329 e. The molecule has 78 valence electrons. The minimum atomic E-state index is 0.104. The second-order valence-electron chi connectivity index (χ2n) is 2.02. The summed E-state index contributed by atoms with van der Waals surface area (Å²) in [6, 6.07) is 0. The average Bonchev–Trinajstić information content (AvgIpc) is 2.51. The molecule has 0 aliphatic carbocycles. The van der Waals surface area contributed by atoms with Gasteiger partial charge in [-0.15, -0.1) is 0 Å². The molecule has 0 spiro atoms. The Balaban J connectivity index is 0. The normalized spacial score (nSPS) is 19.3. The van der Waals surface area contributed by atoms with Crippen molar-refractivity contribution in [3.63, 3.8) is 0 Å². The quantitative estimate of drug-likeness (QED) is 0.710. The van der Waals surface area contributed by atoms with Gasteiger partial charge >= 0.3 is 0 Å². The number of nitrogens with one attached hydrogen (secondary N) is 1. The van der Waals surface area contributed by atoms with E-state index < -0.39 is 0 Å². The molecular weight excluding hydrogens is 182 g/mol. The molecule has 0 aromatic carbocycles. The summed E-state index contributed by atoms with van der Waals surface area (Å²) in [5, 5.41) is 2.77. The number of amides is 1. The lowest BCUT2D eigenvalue weighted by Crippen LogP contribution is -2.19. The van der Waals surface area contributed by atoms with Gasteiger partial charge in [-0.2, -0.15) is 11.8 Å². The summed E-state index contributed by atoms with van der Waals surface area (Å²) in [7, 11) is 0. The predicted octanol–water partition coefficient (Wildman–Crippen LogP) is 2.80. The molecule has 1 atom stereocenters. The lowest BCUT2D eigenvalue weighted by atomic mass is 10.3. The molecule has 3 heteroatoms. The van der Waals surface area contributed by atoms with Gasteiger partial charge in [-0.05, 0) is 6.26 Å². The van der Waals surface area contributed by atoms with Gasteiger partial charge in [0.2, 0.25) is 5.91 Å². The fourth-order valence-electron chi connectivity index (χ4n) is 0.813. The van der Waals surface area contributed by atoms with Crippen LogP contribution in [0.1, 0.15) is 34.1 Å². The van der Waals surface area contributed by atoms with Crippen LogP contribution in [0.25, 0.3) is 0 Å². The van der Waals surface area contributed by atoms with Crippen molar-refractivity contribution in [3.05, 3.63) is 12.3 Å². The molecule has 1 rings (SSSR count). The van der Waals surface area contributed by atoms with E-state index in [1.54, 1.807) is 11.8 Å². The summed E-state index contributed by atoms with van der Waals surface area (Å²) < 4.78 is 0. The van der Waals surface area contributed by atoms with Gasteiger partial charge in [0.15, 0.2) is 0 Å². The first-order valence-electron chi connectivity index (χ1n) is 4.75. The van der Waals surface area contributed by atoms with E-state index in [0.717, 1.165) is 12.1 Å². The van der Waals surface area contributed by atoms with Crippen LogP contribution in [-0.4, -0.2) is 17.4 Å². The van der Waals surface area contributed by atoms with E-state index in [-0.39, 0.29) is 11.2 Å². The average molecular weight is 203 g/mol. The lowest BCUT2D eigenvalue weighted by molar-refractivity contribution is -0.118. The summed E-state index contributed by atoms with van der Waals surface area (Å²) in [5.74, 6) is 0.104. The molecule has 1 amide bonds. The summed E-state index contributed by atoms with van der Waals surface area (Å²) in [5.41, 5.74) is 0.847. The highest BCUT2D eigenvalue weighted by Crippen LogP contribution is 2.20. The Morgan fingerprint density at radius 1 is 1.38 bits per heavy atom. The van der Waals surface area contributed by atoms with Crippen molar-refractivity contribution in [3.8, 4) is 0 Å². The maximum Gasteiger partial charge on any atom is 0.237 e. The Labute approximate surface area is 86.2 Å². The number of rotatable bonds is 1. The maximum atomic E-state index is 10.8. The summed E-state index contributed by atoms with van der Waals surface area (Å²) >= 11 is 1.57. The smallest absolute Gasteiger partial charge is 0.237 e. The van der Waals surface area contributed by atoms with Gasteiger partial charge in [0, 0.05) is 12.1 Å². The Morgan fingerprint density at radius 3 is 2.00 bits per heavy atom. The topological polar surface area (TPSA) is 29.1 Å². The molecule has 1 aliphatic rings. The lowest BCUT2D eigenvalue weighted by Gasteiger charge is -1.96. The van der Waals surface area contributed by atoms with Crippen LogP contribution in [0, 0.1) is 0 Å². The Morgan fingerprint density at radius 2 is 1.85 bits per heavy atom. The maximum absolute atomic E-state index is 10.8. The van der Waals surface area contributed by atoms with Crippen LogP contribution in [0.3, 0.4) is 0 Å². The molecule has 2 nitrogen and oxygen atoms in total. The number of carbonyl (C=O) groups is 1. The molecule has 0 saturated carbocycles. The number of thioether (sulfide) groups is 1. The van der Waals surface area contributed by atoms with Gasteiger partial charge < -0.3 is 5.32 Å². The van der Waals surface area contributed by atoms with E-state index >= 15 is 0 Å². The predicted molar refractivity (Wildman–Crippen MR) is 61.9 cm³/mol. The van der Waals surface area contributed by atoms with Gasteiger partial charge in [-0.3, -0.25) is 4.79 Å². The number of hydrogen-bond acceptors (Lipinski definition) is 2. The first-order chi connectivity index (χ1) is 6.24. The van der Waals surface area contributed by atoms with Crippen molar-refractivity contribution in [1.29, 1.82) is 0 Å². The second-order valence-corrected chi connectivity index (χ2v) is 3.06. The van der Waals surface area contributed by atoms with Crippen LogP contribution in [0.15, 0.2) is 12.3 Å². The monoisotopic (exact) mass is 203 g/mol. The molecule has 0 radical (unpaired) electrons. The van der Waals surface area contributed by atoms with Crippen molar-refractivity contribution >= 4 is 17.7 Å². The zero-order valence-electron chi connectivity index (χ0n) is 9.31. The van der Waals surface area contributed by atoms with Crippen LogP contribution in [0.5, 0.6) is 0 Å². The van der Waals surface area contributed by atoms with E-state index in [1.165, 1.54) is 0 Å². The Bertz CT molecular complexity index is 157. The van der Waals surface area contributed by atoms with Crippen LogP contribution in [-0.2, 0) is 4.79 Å². The Kier molecular flexibility index (Phi) is 11.2. The van der Waals surface area contributed by atoms with Gasteiger partial charge in [-0.25, -0.2) is 0 Å². The SMILES string of the molecule is C=C1CC(SC)C(=O)N1.CC.CC. The molecule has 1 aliphatic heterocycles. The third-order valence-corrected chi connectivity index (χ3v) is 2.26.